The number of nitrogens with two attached hydrogens (primary N) is 2. The third-order valence-electron chi connectivity index (χ3n) is 5.30. The van der Waals surface area contributed by atoms with Gasteiger partial charge in [-0.1, -0.05) is 6.07 Å². The van der Waals surface area contributed by atoms with E-state index < -0.39 is 5.91 Å². The number of primary amides is 1. The van der Waals surface area contributed by atoms with E-state index >= 15 is 0 Å². The van der Waals surface area contributed by atoms with E-state index in [0.29, 0.717) is 17.0 Å². The quantitative estimate of drug-likeness (QED) is 0.755. The van der Waals surface area contributed by atoms with Crippen molar-refractivity contribution in [2.75, 3.05) is 12.8 Å². The summed E-state index contributed by atoms with van der Waals surface area (Å²) >= 11 is 0. The first-order valence-electron chi connectivity index (χ1n) is 8.79. The van der Waals surface area contributed by atoms with Gasteiger partial charge in [0, 0.05) is 17.8 Å². The van der Waals surface area contributed by atoms with E-state index in [1.807, 2.05) is 35.2 Å². The molecule has 0 unspecified atom stereocenters. The van der Waals surface area contributed by atoms with Crippen LogP contribution in [0.25, 0.3) is 16.7 Å². The van der Waals surface area contributed by atoms with Crippen LogP contribution in [0.1, 0.15) is 40.0 Å². The molecule has 0 bridgehead atoms. The second kappa shape index (κ2) is 5.79. The standard InChI is InChI=1S/C19H23N5O2/c1-10-7-8-13(26-3)11(2)16(10)24-17(20)15(18(21)25)14-12-6-4-5-9-23(12)22-19(14)24/h7-8H,4-6,9,20H2,1-3H3,(H2,21,25). The van der Waals surface area contributed by atoms with Gasteiger partial charge in [0.15, 0.2) is 5.65 Å². The van der Waals surface area contributed by atoms with Crippen molar-refractivity contribution in [3.8, 4) is 11.4 Å². The summed E-state index contributed by atoms with van der Waals surface area (Å²) in [6.07, 6.45) is 3.02. The Morgan fingerprint density at radius 1 is 1.27 bits per heavy atom. The molecule has 136 valence electrons. The molecule has 1 amide bonds. The van der Waals surface area contributed by atoms with Gasteiger partial charge in [-0.25, -0.2) is 0 Å². The fraction of sp³-hybridized carbons (Fsp3) is 0.368. The lowest BCUT2D eigenvalue weighted by Crippen LogP contribution is -2.17. The van der Waals surface area contributed by atoms with Crippen LogP contribution in [-0.2, 0) is 13.0 Å². The largest absolute Gasteiger partial charge is 0.496 e. The van der Waals surface area contributed by atoms with Crippen LogP contribution in [0.5, 0.6) is 5.75 Å². The van der Waals surface area contributed by atoms with Crippen molar-refractivity contribution < 1.29 is 9.53 Å². The summed E-state index contributed by atoms with van der Waals surface area (Å²) in [7, 11) is 1.64. The zero-order valence-electron chi connectivity index (χ0n) is 15.3. The Kier molecular flexibility index (Phi) is 3.68. The molecule has 4 rings (SSSR count). The summed E-state index contributed by atoms with van der Waals surface area (Å²) in [6, 6.07) is 3.91. The van der Waals surface area contributed by atoms with Crippen molar-refractivity contribution in [1.82, 2.24) is 14.3 Å². The average molecular weight is 353 g/mol. The van der Waals surface area contributed by atoms with Crippen LogP contribution in [0.3, 0.4) is 0 Å². The zero-order valence-corrected chi connectivity index (χ0v) is 15.3. The summed E-state index contributed by atoms with van der Waals surface area (Å²) in [5.74, 6) is 0.575. The number of nitrogens with zero attached hydrogens (tertiary/aromatic N) is 3. The lowest BCUT2D eigenvalue weighted by Gasteiger charge is -2.17. The van der Waals surface area contributed by atoms with Gasteiger partial charge < -0.3 is 16.2 Å². The highest BCUT2D eigenvalue weighted by Crippen LogP contribution is 2.38. The Morgan fingerprint density at radius 3 is 2.73 bits per heavy atom. The number of aryl methyl sites for hydroxylation is 3. The number of methoxy groups -OCH3 is 1. The van der Waals surface area contributed by atoms with Crippen LogP contribution in [0.2, 0.25) is 0 Å². The van der Waals surface area contributed by atoms with Crippen LogP contribution in [0, 0.1) is 13.8 Å². The Balaban J connectivity index is 2.14. The van der Waals surface area contributed by atoms with Gasteiger partial charge in [-0.05, 0) is 44.7 Å². The lowest BCUT2D eigenvalue weighted by molar-refractivity contribution is 0.100. The van der Waals surface area contributed by atoms with Gasteiger partial charge >= 0.3 is 0 Å². The fourth-order valence-electron chi connectivity index (χ4n) is 4.10. The molecular weight excluding hydrogens is 330 g/mol. The molecule has 0 radical (unpaired) electrons. The van der Waals surface area contributed by atoms with Gasteiger partial charge in [-0.2, -0.15) is 5.10 Å². The first kappa shape index (κ1) is 16.5. The van der Waals surface area contributed by atoms with Gasteiger partial charge in [0.2, 0.25) is 0 Å². The molecule has 0 atom stereocenters. The normalized spacial score (nSPS) is 13.8. The van der Waals surface area contributed by atoms with Crippen LogP contribution in [-0.4, -0.2) is 27.4 Å². The maximum atomic E-state index is 12.2. The number of carbonyl (C=O) groups is 1. The Bertz CT molecular complexity index is 1040. The summed E-state index contributed by atoms with van der Waals surface area (Å²) in [5.41, 5.74) is 17.1. The van der Waals surface area contributed by atoms with Crippen molar-refractivity contribution in [2.45, 2.75) is 39.7 Å². The smallest absolute Gasteiger partial charge is 0.253 e. The predicted molar refractivity (Wildman–Crippen MR) is 101 cm³/mol. The lowest BCUT2D eigenvalue weighted by atomic mass is 10.1. The summed E-state index contributed by atoms with van der Waals surface area (Å²) in [4.78, 5) is 12.2. The van der Waals surface area contributed by atoms with Crippen LogP contribution >= 0.6 is 0 Å². The van der Waals surface area contributed by atoms with Crippen molar-refractivity contribution in [3.63, 3.8) is 0 Å². The number of hydrogen-bond acceptors (Lipinski definition) is 4. The molecule has 0 spiro atoms. The van der Waals surface area contributed by atoms with Gasteiger partial charge in [0.1, 0.15) is 11.6 Å². The summed E-state index contributed by atoms with van der Waals surface area (Å²) in [6.45, 7) is 4.83. The minimum Gasteiger partial charge on any atom is -0.496 e. The van der Waals surface area contributed by atoms with Gasteiger partial charge in [0.25, 0.3) is 5.91 Å². The Morgan fingerprint density at radius 2 is 2.04 bits per heavy atom. The molecule has 0 saturated carbocycles. The molecule has 0 fully saturated rings. The number of nitrogen functional groups attached to an aromatic ring is 1. The summed E-state index contributed by atoms with van der Waals surface area (Å²) < 4.78 is 9.32. The number of aromatic nitrogens is 3. The molecular formula is C19H23N5O2. The predicted octanol–water partition coefficient (Wildman–Crippen LogP) is 2.47. The molecule has 3 aromatic rings. The van der Waals surface area contributed by atoms with Gasteiger partial charge in [0.05, 0.1) is 23.7 Å². The third-order valence-corrected chi connectivity index (χ3v) is 5.30. The molecule has 4 N–H and O–H groups in total. The van der Waals surface area contributed by atoms with E-state index in [-0.39, 0.29) is 0 Å². The van der Waals surface area contributed by atoms with Crippen LogP contribution < -0.4 is 16.2 Å². The zero-order chi connectivity index (χ0) is 18.6. The monoisotopic (exact) mass is 353 g/mol. The number of carbonyl (C=O) groups excluding carboxylic acids is 1. The molecule has 26 heavy (non-hydrogen) atoms. The molecule has 7 heteroatoms. The molecule has 0 aliphatic carbocycles. The molecule has 0 saturated heterocycles. The first-order chi connectivity index (χ1) is 12.5. The number of amides is 1. The second-order valence-electron chi connectivity index (χ2n) is 6.84. The topological polar surface area (TPSA) is 101 Å². The SMILES string of the molecule is COc1ccc(C)c(-n2c(N)c(C(N)=O)c3c4n(nc32)CCCC4)c1C. The number of benzene rings is 1. The van der Waals surface area contributed by atoms with Crippen LogP contribution in [0.15, 0.2) is 12.1 Å². The number of hydrogen-bond donors (Lipinski definition) is 2. The van der Waals surface area contributed by atoms with Gasteiger partial charge in [-0.15, -0.1) is 0 Å². The van der Waals surface area contributed by atoms with Crippen LogP contribution in [0.4, 0.5) is 5.82 Å². The van der Waals surface area contributed by atoms with Crippen molar-refractivity contribution in [1.29, 1.82) is 0 Å². The maximum absolute atomic E-state index is 12.2. The van der Waals surface area contributed by atoms with E-state index in [1.54, 1.807) is 7.11 Å². The fourth-order valence-corrected chi connectivity index (χ4v) is 4.10. The highest BCUT2D eigenvalue weighted by atomic mass is 16.5. The second-order valence-corrected chi connectivity index (χ2v) is 6.84. The maximum Gasteiger partial charge on any atom is 0.253 e. The molecule has 1 aliphatic rings. The number of ether oxygens (including phenoxy) is 1. The molecule has 3 heterocycles. The number of anilines is 1. The van der Waals surface area contributed by atoms with E-state index in [9.17, 15) is 4.79 Å². The first-order valence-corrected chi connectivity index (χ1v) is 8.79. The minimum absolute atomic E-state index is 0.337. The molecule has 1 aromatic carbocycles. The Hall–Kier alpha value is -2.96. The average Bonchev–Trinajstić information content (AvgIpc) is 3.10. The summed E-state index contributed by atoms with van der Waals surface area (Å²) in [5, 5.41) is 5.57. The minimum atomic E-state index is -0.522. The van der Waals surface area contributed by atoms with E-state index in [4.69, 9.17) is 21.3 Å². The van der Waals surface area contributed by atoms with Crippen molar-refractivity contribution in [3.05, 3.63) is 34.5 Å². The van der Waals surface area contributed by atoms with E-state index in [1.165, 1.54) is 0 Å². The number of rotatable bonds is 3. The molecule has 7 nitrogen and oxygen atoms in total. The Labute approximate surface area is 151 Å². The highest BCUT2D eigenvalue weighted by Gasteiger charge is 2.29. The third kappa shape index (κ3) is 2.13. The van der Waals surface area contributed by atoms with E-state index in [2.05, 4.69) is 0 Å². The van der Waals surface area contributed by atoms with Gasteiger partial charge in [-0.3, -0.25) is 14.0 Å². The van der Waals surface area contributed by atoms with E-state index in [0.717, 1.165) is 59.5 Å². The molecule has 2 aromatic heterocycles. The number of fused-ring (bicyclic) bond motifs is 3. The van der Waals surface area contributed by atoms with Crippen molar-refractivity contribution >= 4 is 22.8 Å². The molecule has 1 aliphatic heterocycles. The highest BCUT2D eigenvalue weighted by molar-refractivity contribution is 6.12. The van der Waals surface area contributed by atoms with Crippen molar-refractivity contribution in [2.24, 2.45) is 5.73 Å².